The molecular weight excluding hydrogens is 592 g/mol. The summed E-state index contributed by atoms with van der Waals surface area (Å²) in [7, 11) is 0. The van der Waals surface area contributed by atoms with Crippen LogP contribution in [0.3, 0.4) is 0 Å². The van der Waals surface area contributed by atoms with Crippen molar-refractivity contribution in [2.24, 2.45) is 0 Å². The molecule has 0 aliphatic rings. The first-order valence-corrected chi connectivity index (χ1v) is 15.0. The Bertz CT molecular complexity index is 2090. The molecule has 6 aromatic carbocycles. The predicted octanol–water partition coefficient (Wildman–Crippen LogP) is 10.1. The summed E-state index contributed by atoms with van der Waals surface area (Å²) in [6, 6.07) is 52.4. The molecule has 0 radical (unpaired) electrons. The van der Waals surface area contributed by atoms with Crippen LogP contribution in [0.2, 0.25) is 0 Å². The standard InChI is InChI=1S/C38H25BrN4/c39-36-30(37-40-32-20-10-12-22-34(32)42(37)28-16-6-2-7-17-28)24-27(26-14-4-1-5-15-26)25-31(36)38-41-33-21-11-13-23-35(33)43(38)29-18-8-3-9-19-29/h1-25H. The topological polar surface area (TPSA) is 35.6 Å². The van der Waals surface area contributed by atoms with Crippen molar-refractivity contribution < 1.29 is 0 Å². The van der Waals surface area contributed by atoms with E-state index in [-0.39, 0.29) is 0 Å². The third kappa shape index (κ3) is 4.37. The van der Waals surface area contributed by atoms with Gasteiger partial charge in [0.15, 0.2) is 0 Å². The Hall–Kier alpha value is -5.26. The Morgan fingerprint density at radius 2 is 0.814 bits per heavy atom. The van der Waals surface area contributed by atoms with Crippen LogP contribution in [0, 0.1) is 0 Å². The lowest BCUT2D eigenvalue weighted by atomic mass is 9.98. The first-order valence-electron chi connectivity index (χ1n) is 14.2. The van der Waals surface area contributed by atoms with Gasteiger partial charge in [-0.3, -0.25) is 9.13 Å². The molecule has 43 heavy (non-hydrogen) atoms. The fourth-order valence-electron chi connectivity index (χ4n) is 5.84. The number of hydrogen-bond donors (Lipinski definition) is 0. The largest absolute Gasteiger partial charge is 0.292 e. The highest BCUT2D eigenvalue weighted by Gasteiger charge is 2.23. The van der Waals surface area contributed by atoms with E-state index in [1.807, 2.05) is 30.3 Å². The highest BCUT2D eigenvalue weighted by molar-refractivity contribution is 9.10. The van der Waals surface area contributed by atoms with Gasteiger partial charge in [0, 0.05) is 27.0 Å². The molecule has 0 fully saturated rings. The number of aromatic nitrogens is 4. The molecule has 5 heteroatoms. The van der Waals surface area contributed by atoms with Gasteiger partial charge in [-0.15, -0.1) is 0 Å². The average Bonchev–Trinajstić information content (AvgIpc) is 3.65. The Kier molecular flexibility index (Phi) is 6.24. The minimum Gasteiger partial charge on any atom is -0.292 e. The van der Waals surface area contributed by atoms with Gasteiger partial charge in [0.25, 0.3) is 0 Å². The van der Waals surface area contributed by atoms with Crippen LogP contribution in [-0.4, -0.2) is 19.1 Å². The molecule has 2 aromatic heterocycles. The molecule has 0 amide bonds. The Balaban J connectivity index is 1.48. The third-order valence-corrected chi connectivity index (χ3v) is 8.67. The van der Waals surface area contributed by atoms with E-state index >= 15 is 0 Å². The molecule has 0 bridgehead atoms. The molecule has 0 atom stereocenters. The molecule has 0 spiro atoms. The monoisotopic (exact) mass is 616 g/mol. The van der Waals surface area contributed by atoms with Crippen LogP contribution in [0.15, 0.2) is 156 Å². The van der Waals surface area contributed by atoms with E-state index in [2.05, 4.69) is 146 Å². The summed E-state index contributed by atoms with van der Waals surface area (Å²) < 4.78 is 5.43. The summed E-state index contributed by atoms with van der Waals surface area (Å²) in [4.78, 5) is 10.4. The smallest absolute Gasteiger partial charge is 0.146 e. The second-order valence-corrected chi connectivity index (χ2v) is 11.2. The summed E-state index contributed by atoms with van der Waals surface area (Å²) in [5, 5.41) is 0. The molecular formula is C38H25BrN4. The van der Waals surface area contributed by atoms with Crippen molar-refractivity contribution in [3.8, 4) is 45.3 Å². The van der Waals surface area contributed by atoms with Crippen molar-refractivity contribution in [3.05, 3.63) is 156 Å². The zero-order chi connectivity index (χ0) is 28.8. The zero-order valence-corrected chi connectivity index (χ0v) is 24.7. The molecule has 0 aliphatic carbocycles. The van der Waals surface area contributed by atoms with Crippen LogP contribution in [0.1, 0.15) is 0 Å². The number of nitrogens with zero attached hydrogens (tertiary/aromatic N) is 4. The van der Waals surface area contributed by atoms with Gasteiger partial charge in [0.05, 0.1) is 22.1 Å². The Morgan fingerprint density at radius 3 is 1.28 bits per heavy atom. The van der Waals surface area contributed by atoms with Crippen molar-refractivity contribution in [3.63, 3.8) is 0 Å². The number of benzene rings is 6. The lowest BCUT2D eigenvalue weighted by Crippen LogP contribution is -2.01. The quantitative estimate of drug-likeness (QED) is 0.193. The first-order chi connectivity index (χ1) is 21.3. The predicted molar refractivity (Wildman–Crippen MR) is 180 cm³/mol. The molecule has 0 unspecified atom stereocenters. The second-order valence-electron chi connectivity index (χ2n) is 10.4. The number of halogens is 1. The number of fused-ring (bicyclic) bond motifs is 2. The molecule has 0 N–H and O–H groups in total. The van der Waals surface area contributed by atoms with Gasteiger partial charge in [-0.2, -0.15) is 0 Å². The lowest BCUT2D eigenvalue weighted by Gasteiger charge is -2.17. The SMILES string of the molecule is Brc1c(-c2nc3ccccc3n2-c2ccccc2)cc(-c2ccccc2)cc1-c1nc2ccccc2n1-c1ccccc1. The van der Waals surface area contributed by atoms with Gasteiger partial charge in [-0.25, -0.2) is 9.97 Å². The van der Waals surface area contributed by atoms with Crippen molar-refractivity contribution in [1.82, 2.24) is 19.1 Å². The summed E-state index contributed by atoms with van der Waals surface area (Å²) >= 11 is 4.08. The van der Waals surface area contributed by atoms with E-state index < -0.39 is 0 Å². The van der Waals surface area contributed by atoms with Gasteiger partial charge in [0.2, 0.25) is 0 Å². The first kappa shape index (κ1) is 25.5. The summed E-state index contributed by atoms with van der Waals surface area (Å²) in [6.45, 7) is 0. The van der Waals surface area contributed by atoms with Crippen molar-refractivity contribution >= 4 is 38.0 Å². The maximum absolute atomic E-state index is 5.22. The summed E-state index contributed by atoms with van der Waals surface area (Å²) in [5.41, 5.74) is 10.3. The van der Waals surface area contributed by atoms with Crippen LogP contribution in [-0.2, 0) is 0 Å². The van der Waals surface area contributed by atoms with Gasteiger partial charge in [0.1, 0.15) is 11.6 Å². The number of rotatable bonds is 5. The van der Waals surface area contributed by atoms with E-state index in [9.17, 15) is 0 Å². The lowest BCUT2D eigenvalue weighted by molar-refractivity contribution is 1.09. The van der Waals surface area contributed by atoms with Crippen LogP contribution in [0.4, 0.5) is 0 Å². The number of imidazole rings is 2. The zero-order valence-electron chi connectivity index (χ0n) is 23.1. The van der Waals surface area contributed by atoms with E-state index in [1.54, 1.807) is 0 Å². The number of para-hydroxylation sites is 6. The van der Waals surface area contributed by atoms with Gasteiger partial charge >= 0.3 is 0 Å². The Morgan fingerprint density at radius 1 is 0.419 bits per heavy atom. The molecule has 8 aromatic rings. The van der Waals surface area contributed by atoms with Crippen molar-refractivity contribution in [2.75, 3.05) is 0 Å². The maximum Gasteiger partial charge on any atom is 0.146 e. The highest BCUT2D eigenvalue weighted by atomic mass is 79.9. The van der Waals surface area contributed by atoms with Gasteiger partial charge in [-0.1, -0.05) is 91.0 Å². The molecule has 0 aliphatic heterocycles. The highest BCUT2D eigenvalue weighted by Crippen LogP contribution is 2.43. The normalized spacial score (nSPS) is 11.4. The summed E-state index contributed by atoms with van der Waals surface area (Å²) in [5.74, 6) is 1.72. The molecule has 0 saturated heterocycles. The fourth-order valence-corrected chi connectivity index (χ4v) is 6.42. The van der Waals surface area contributed by atoms with Crippen LogP contribution >= 0.6 is 15.9 Å². The van der Waals surface area contributed by atoms with Gasteiger partial charge < -0.3 is 0 Å². The average molecular weight is 618 g/mol. The Labute approximate surface area is 257 Å². The fraction of sp³-hybridized carbons (Fsp3) is 0. The second kappa shape index (κ2) is 10.5. The summed E-state index contributed by atoms with van der Waals surface area (Å²) in [6.07, 6.45) is 0. The van der Waals surface area contributed by atoms with Gasteiger partial charge in [-0.05, 0) is 87.7 Å². The van der Waals surface area contributed by atoms with E-state index in [4.69, 9.17) is 9.97 Å². The molecule has 204 valence electrons. The van der Waals surface area contributed by atoms with Crippen LogP contribution in [0.25, 0.3) is 67.3 Å². The minimum atomic E-state index is 0.862. The van der Waals surface area contributed by atoms with Crippen molar-refractivity contribution in [2.45, 2.75) is 0 Å². The van der Waals surface area contributed by atoms with E-state index in [0.29, 0.717) is 0 Å². The molecule has 8 rings (SSSR count). The third-order valence-electron chi connectivity index (χ3n) is 7.81. The maximum atomic E-state index is 5.22. The molecule has 4 nitrogen and oxygen atoms in total. The van der Waals surface area contributed by atoms with Crippen molar-refractivity contribution in [1.29, 1.82) is 0 Å². The molecule has 0 saturated carbocycles. The van der Waals surface area contributed by atoms with E-state index in [1.165, 1.54) is 0 Å². The minimum absolute atomic E-state index is 0.862. The molecule has 2 heterocycles. The number of hydrogen-bond acceptors (Lipinski definition) is 2. The van der Waals surface area contributed by atoms with Crippen LogP contribution < -0.4 is 0 Å². The van der Waals surface area contributed by atoms with Crippen LogP contribution in [0.5, 0.6) is 0 Å². The van der Waals surface area contributed by atoms with E-state index in [0.717, 1.165) is 71.8 Å².